The highest BCUT2D eigenvalue weighted by molar-refractivity contribution is 6.86. The number of aromatic nitrogens is 2. The molecule has 0 aliphatic heterocycles. The molecule has 0 fully saturated rings. The molecule has 1 aromatic heterocycles. The molecule has 1 aromatic carbocycles. The number of ether oxygens (including phenoxy) is 1. The molecule has 0 amide bonds. The molecule has 1 atom stereocenters. The van der Waals surface area contributed by atoms with Crippen LogP contribution in [0.1, 0.15) is 45.3 Å². The Hall–Kier alpha value is -2.34. The number of nitrogens with zero attached hydrogens (tertiary/aromatic N) is 3. The fourth-order valence-electron chi connectivity index (χ4n) is 4.23. The third-order valence-corrected chi connectivity index (χ3v) is 17.8. The second kappa shape index (κ2) is 14.0. The average Bonchev–Trinajstić information content (AvgIpc) is 2.79. The second-order valence-corrected chi connectivity index (χ2v) is 28.7. The molecule has 2 rings (SSSR count). The Morgan fingerprint density at radius 2 is 1.48 bits per heavy atom. The van der Waals surface area contributed by atoms with Crippen molar-refractivity contribution in [2.24, 2.45) is 4.99 Å². The molecular formula is C28H49N3O7Si4. The normalized spacial score (nSPS) is 13.8. The zero-order valence-electron chi connectivity index (χ0n) is 27.3. The topological polar surface area (TPSA) is 114 Å². The third kappa shape index (κ3) is 10.4. The maximum atomic E-state index is 13.0. The highest BCUT2D eigenvalue weighted by atomic mass is 28.5. The lowest BCUT2D eigenvalue weighted by Gasteiger charge is -2.36. The van der Waals surface area contributed by atoms with E-state index < -0.39 is 51.6 Å². The van der Waals surface area contributed by atoms with Gasteiger partial charge >= 0.3 is 23.5 Å². The van der Waals surface area contributed by atoms with Crippen LogP contribution in [0.5, 0.6) is 11.6 Å². The first-order valence-corrected chi connectivity index (χ1v) is 25.4. The van der Waals surface area contributed by atoms with Crippen molar-refractivity contribution in [2.75, 3.05) is 6.61 Å². The van der Waals surface area contributed by atoms with Crippen molar-refractivity contribution in [1.82, 2.24) is 9.13 Å². The Bertz CT molecular complexity index is 1390. The van der Waals surface area contributed by atoms with E-state index in [1.54, 1.807) is 52.0 Å². The van der Waals surface area contributed by atoms with E-state index in [0.29, 0.717) is 11.4 Å². The van der Waals surface area contributed by atoms with Crippen LogP contribution in [-0.2, 0) is 12.3 Å². The largest absolute Gasteiger partial charge is 0.494 e. The minimum Gasteiger partial charge on any atom is -0.494 e. The predicted molar refractivity (Wildman–Crippen MR) is 180 cm³/mol. The van der Waals surface area contributed by atoms with Gasteiger partial charge in [-0.15, -0.1) is 0 Å². The van der Waals surface area contributed by atoms with Gasteiger partial charge in [-0.05, 0) is 110 Å². The van der Waals surface area contributed by atoms with Gasteiger partial charge in [-0.2, -0.15) is 0 Å². The summed E-state index contributed by atoms with van der Waals surface area (Å²) in [4.78, 5) is 30.2. The van der Waals surface area contributed by atoms with Gasteiger partial charge in [0.05, 0.1) is 5.69 Å². The molecule has 0 saturated heterocycles. The molecule has 1 unspecified atom stereocenters. The lowest BCUT2D eigenvalue weighted by Crippen LogP contribution is -2.51. The summed E-state index contributed by atoms with van der Waals surface area (Å²) in [6.07, 6.45) is 1.29. The Balaban J connectivity index is 2.21. The van der Waals surface area contributed by atoms with E-state index in [1.807, 2.05) is 0 Å². The fourth-order valence-corrected chi connectivity index (χ4v) is 17.6. The molecule has 0 aliphatic rings. The first-order valence-electron chi connectivity index (χ1n) is 14.2. The third-order valence-electron chi connectivity index (χ3n) is 5.70. The molecule has 0 spiro atoms. The minimum absolute atomic E-state index is 0.0448. The Morgan fingerprint density at radius 3 is 1.95 bits per heavy atom. The van der Waals surface area contributed by atoms with Crippen molar-refractivity contribution >= 4 is 46.4 Å². The Morgan fingerprint density at radius 1 is 0.929 bits per heavy atom. The summed E-state index contributed by atoms with van der Waals surface area (Å²) in [5.41, 5.74) is -0.637. The average molecular weight is 652 g/mol. The van der Waals surface area contributed by atoms with Gasteiger partial charge in [0.25, 0.3) is 5.56 Å². The maximum absolute atomic E-state index is 13.0. The number of rotatable bonds is 14. The van der Waals surface area contributed by atoms with Crippen LogP contribution in [0.3, 0.4) is 0 Å². The molecule has 2 aromatic rings. The quantitative estimate of drug-likeness (QED) is 0.205. The molecule has 0 aliphatic carbocycles. The fraction of sp³-hybridized carbons (Fsp3) is 0.536. The monoisotopic (exact) mass is 651 g/mol. The zero-order valence-corrected chi connectivity index (χ0v) is 31.4. The van der Waals surface area contributed by atoms with E-state index in [4.69, 9.17) is 17.1 Å². The summed E-state index contributed by atoms with van der Waals surface area (Å²) in [5, 5.41) is 11.5. The second-order valence-electron chi connectivity index (χ2n) is 13.2. The highest BCUT2D eigenvalue weighted by Crippen LogP contribution is 2.23. The molecule has 14 heteroatoms. The number of benzene rings is 1. The lowest BCUT2D eigenvalue weighted by atomic mass is 10.2. The highest BCUT2D eigenvalue weighted by Gasteiger charge is 2.38. The van der Waals surface area contributed by atoms with E-state index in [2.05, 4.69) is 63.9 Å². The molecular weight excluding hydrogens is 603 g/mol. The van der Waals surface area contributed by atoms with Gasteiger partial charge in [0.1, 0.15) is 17.9 Å². The van der Waals surface area contributed by atoms with Crippen LogP contribution in [0.2, 0.25) is 52.4 Å². The van der Waals surface area contributed by atoms with Crippen LogP contribution in [0.15, 0.2) is 50.6 Å². The van der Waals surface area contributed by atoms with E-state index in [9.17, 15) is 14.7 Å². The van der Waals surface area contributed by atoms with Crippen LogP contribution in [0, 0.1) is 0 Å². The summed E-state index contributed by atoms with van der Waals surface area (Å²) in [6, 6.07) is 6.31. The number of hydrogen-bond acceptors (Lipinski definition) is 8. The maximum Gasteiger partial charge on any atom is 0.335 e. The molecule has 0 bridgehead atoms. The Kier molecular flexibility index (Phi) is 11.9. The molecule has 234 valence electrons. The lowest BCUT2D eigenvalue weighted by molar-refractivity contribution is 0.328. The summed E-state index contributed by atoms with van der Waals surface area (Å²) < 4.78 is 27.7. The summed E-state index contributed by atoms with van der Waals surface area (Å²) in [5.74, 6) is 0.214. The number of hydrogen-bond donors (Lipinski definition) is 1. The molecule has 42 heavy (non-hydrogen) atoms. The van der Waals surface area contributed by atoms with Crippen molar-refractivity contribution in [3.05, 3.63) is 62.4 Å². The van der Waals surface area contributed by atoms with Gasteiger partial charge < -0.3 is 22.2 Å². The predicted octanol–water partition coefficient (Wildman–Crippen LogP) is 5.74. The standard InChI is InChI=1S/C28H49N3O7Si4/c1-20(2)30-26(32)25(27(33)31(21(3)4)28(30)34)18-29-23-14-16-24(17-15-23)35-19-22(5)39(36-40(6,7)8)37-42(12,13)38-41(9,10)11/h14-18,20-21,32,39H,5,19H2,1-4,6-13H3. The Labute approximate surface area is 255 Å². The molecule has 10 nitrogen and oxygen atoms in total. The van der Waals surface area contributed by atoms with Gasteiger partial charge in [0, 0.05) is 18.3 Å². The van der Waals surface area contributed by atoms with Crippen molar-refractivity contribution in [3.8, 4) is 11.6 Å². The van der Waals surface area contributed by atoms with E-state index in [0.717, 1.165) is 9.76 Å². The van der Waals surface area contributed by atoms with Crippen LogP contribution in [-0.4, -0.2) is 61.5 Å². The van der Waals surface area contributed by atoms with Crippen molar-refractivity contribution in [1.29, 1.82) is 0 Å². The van der Waals surface area contributed by atoms with Gasteiger partial charge in [-0.3, -0.25) is 18.9 Å². The van der Waals surface area contributed by atoms with Crippen LogP contribution in [0.4, 0.5) is 5.69 Å². The first kappa shape index (κ1) is 35.9. The van der Waals surface area contributed by atoms with Gasteiger partial charge in [-0.1, -0.05) is 6.58 Å². The van der Waals surface area contributed by atoms with Crippen LogP contribution in [0.25, 0.3) is 0 Å². The molecule has 0 saturated carbocycles. The first-order chi connectivity index (χ1) is 19.1. The zero-order chi connectivity index (χ0) is 32.2. The number of aliphatic imine (C=N–C) groups is 1. The van der Waals surface area contributed by atoms with E-state index in [-0.39, 0.29) is 24.3 Å². The van der Waals surface area contributed by atoms with Gasteiger partial charge in [0.15, 0.2) is 16.6 Å². The summed E-state index contributed by atoms with van der Waals surface area (Å²) in [7, 11) is -8.42. The van der Waals surface area contributed by atoms with Gasteiger partial charge in [0.2, 0.25) is 5.88 Å². The molecule has 0 radical (unpaired) electrons. The van der Waals surface area contributed by atoms with Crippen LogP contribution >= 0.6 is 0 Å². The SMILES string of the molecule is C=C(COc1ccc(N=Cc2c(O)n(C(C)C)c(=O)n(C(C)C)c2=O)cc1)[SiH](O[Si](C)(C)C)O[Si](C)(C)O[Si](C)(C)C. The molecule has 1 heterocycles. The van der Waals surface area contributed by atoms with Gasteiger partial charge in [-0.25, -0.2) is 4.79 Å². The number of aromatic hydroxyl groups is 1. The van der Waals surface area contributed by atoms with Crippen LogP contribution < -0.4 is 16.0 Å². The van der Waals surface area contributed by atoms with E-state index in [1.165, 1.54) is 10.8 Å². The van der Waals surface area contributed by atoms with Crippen molar-refractivity contribution < 1.29 is 22.2 Å². The smallest absolute Gasteiger partial charge is 0.335 e. The minimum atomic E-state index is -2.42. The summed E-state index contributed by atoms with van der Waals surface area (Å²) >= 11 is 0. The van der Waals surface area contributed by atoms with Crippen molar-refractivity contribution in [2.45, 2.75) is 92.2 Å². The van der Waals surface area contributed by atoms with Crippen molar-refractivity contribution in [3.63, 3.8) is 0 Å². The summed E-state index contributed by atoms with van der Waals surface area (Å²) in [6.45, 7) is 28.5. The molecule has 1 N–H and O–H groups in total. The van der Waals surface area contributed by atoms with E-state index >= 15 is 0 Å².